The third-order valence-electron chi connectivity index (χ3n) is 4.19. The number of hydrogen-bond donors (Lipinski definition) is 2. The van der Waals surface area contributed by atoms with Gasteiger partial charge in [-0.05, 0) is 50.1 Å². The number of rotatable bonds is 6. The van der Waals surface area contributed by atoms with E-state index in [-0.39, 0.29) is 11.6 Å². The zero-order chi connectivity index (χ0) is 19.2. The Kier molecular flexibility index (Phi) is 5.66. The molecule has 0 atom stereocenters. The molecule has 3 rings (SSSR count). The summed E-state index contributed by atoms with van der Waals surface area (Å²) in [6.45, 7) is 6.51. The van der Waals surface area contributed by atoms with E-state index in [9.17, 15) is 4.79 Å². The number of carbonyl (C=O) groups excluding carboxylic acids is 1. The van der Waals surface area contributed by atoms with Crippen LogP contribution in [0.3, 0.4) is 0 Å². The lowest BCUT2D eigenvalue weighted by atomic mass is 10.1. The van der Waals surface area contributed by atoms with Crippen molar-refractivity contribution in [1.82, 2.24) is 9.97 Å². The number of benzene rings is 2. The summed E-state index contributed by atoms with van der Waals surface area (Å²) in [6, 6.07) is 13.3. The Labute approximate surface area is 158 Å². The molecule has 0 fully saturated rings. The third-order valence-corrected chi connectivity index (χ3v) is 4.19. The predicted octanol–water partition coefficient (Wildman–Crippen LogP) is 4.49. The van der Waals surface area contributed by atoms with Crippen molar-refractivity contribution in [1.29, 1.82) is 0 Å². The van der Waals surface area contributed by atoms with Crippen LogP contribution in [-0.4, -0.2) is 22.5 Å². The van der Waals surface area contributed by atoms with Gasteiger partial charge < -0.3 is 15.4 Å². The fraction of sp³-hybridized carbons (Fsp3) is 0.190. The first-order valence-corrected chi connectivity index (χ1v) is 8.77. The highest BCUT2D eigenvalue weighted by Gasteiger charge is 2.12. The van der Waals surface area contributed by atoms with Crippen molar-refractivity contribution >= 4 is 23.1 Å². The number of para-hydroxylation sites is 2. The summed E-state index contributed by atoms with van der Waals surface area (Å²) in [5.41, 5.74) is 4.13. The van der Waals surface area contributed by atoms with E-state index in [0.717, 1.165) is 11.3 Å². The van der Waals surface area contributed by atoms with Crippen molar-refractivity contribution < 1.29 is 9.53 Å². The molecule has 0 spiro atoms. The molecule has 2 N–H and O–H groups in total. The van der Waals surface area contributed by atoms with Crippen LogP contribution in [0.15, 0.2) is 54.9 Å². The number of nitrogens with one attached hydrogen (secondary N) is 2. The van der Waals surface area contributed by atoms with E-state index in [2.05, 4.69) is 33.6 Å². The predicted molar refractivity (Wildman–Crippen MR) is 107 cm³/mol. The number of amides is 1. The minimum absolute atomic E-state index is 0.229. The summed E-state index contributed by atoms with van der Waals surface area (Å²) in [6.07, 6.45) is 3.00. The molecule has 0 radical (unpaired) electrons. The minimum Gasteiger partial charge on any atom is -0.492 e. The molecule has 1 heterocycles. The van der Waals surface area contributed by atoms with Gasteiger partial charge in [0, 0.05) is 5.69 Å². The Bertz CT molecular complexity index is 939. The molecular formula is C21H22N4O2. The Balaban J connectivity index is 1.72. The Morgan fingerprint density at radius 3 is 2.52 bits per heavy atom. The fourth-order valence-electron chi connectivity index (χ4n) is 2.57. The van der Waals surface area contributed by atoms with Crippen LogP contribution < -0.4 is 15.4 Å². The molecule has 1 aromatic heterocycles. The summed E-state index contributed by atoms with van der Waals surface area (Å²) in [5, 5.41) is 6.04. The summed E-state index contributed by atoms with van der Waals surface area (Å²) in [5.74, 6) is 0.859. The van der Waals surface area contributed by atoms with E-state index >= 15 is 0 Å². The van der Waals surface area contributed by atoms with Gasteiger partial charge in [0.1, 0.15) is 17.3 Å². The Hall–Kier alpha value is -3.41. The Morgan fingerprint density at radius 1 is 1.00 bits per heavy atom. The zero-order valence-electron chi connectivity index (χ0n) is 15.6. The molecule has 2 aromatic carbocycles. The van der Waals surface area contributed by atoms with E-state index in [4.69, 9.17) is 4.74 Å². The number of nitrogens with zero attached hydrogens (tertiary/aromatic N) is 2. The standard InChI is InChI=1S/C21H22N4O2/c1-4-27-19-11-6-5-9-17(19)25-21(26)18-12-23-20(13-22-18)24-16-10-7-8-14(2)15(16)3/h5-13H,4H2,1-3H3,(H,23,24)(H,25,26). The number of hydrogen-bond acceptors (Lipinski definition) is 5. The second-order valence-corrected chi connectivity index (χ2v) is 6.04. The topological polar surface area (TPSA) is 76.1 Å². The monoisotopic (exact) mass is 362 g/mol. The number of aryl methyl sites for hydroxylation is 1. The molecule has 0 saturated heterocycles. The SMILES string of the molecule is CCOc1ccccc1NC(=O)c1cnc(Nc2cccc(C)c2C)cn1. The van der Waals surface area contributed by atoms with Gasteiger partial charge in [0.05, 0.1) is 24.7 Å². The summed E-state index contributed by atoms with van der Waals surface area (Å²) in [4.78, 5) is 21.0. The van der Waals surface area contributed by atoms with Gasteiger partial charge in [0.2, 0.25) is 0 Å². The van der Waals surface area contributed by atoms with Crippen LogP contribution in [-0.2, 0) is 0 Å². The lowest BCUT2D eigenvalue weighted by molar-refractivity contribution is 0.102. The molecule has 0 saturated carbocycles. The molecule has 1 amide bonds. The smallest absolute Gasteiger partial charge is 0.275 e. The molecule has 138 valence electrons. The van der Waals surface area contributed by atoms with Gasteiger partial charge in [-0.15, -0.1) is 0 Å². The van der Waals surface area contributed by atoms with Crippen molar-refractivity contribution in [2.45, 2.75) is 20.8 Å². The summed E-state index contributed by atoms with van der Waals surface area (Å²) >= 11 is 0. The normalized spacial score (nSPS) is 10.3. The molecule has 3 aromatic rings. The van der Waals surface area contributed by atoms with Gasteiger partial charge >= 0.3 is 0 Å². The third kappa shape index (κ3) is 4.41. The van der Waals surface area contributed by atoms with Gasteiger partial charge in [-0.3, -0.25) is 4.79 Å². The van der Waals surface area contributed by atoms with Crippen LogP contribution >= 0.6 is 0 Å². The lowest BCUT2D eigenvalue weighted by Gasteiger charge is -2.12. The van der Waals surface area contributed by atoms with E-state index < -0.39 is 0 Å². The van der Waals surface area contributed by atoms with Gasteiger partial charge in [0.15, 0.2) is 0 Å². The second kappa shape index (κ2) is 8.31. The molecule has 6 nitrogen and oxygen atoms in total. The molecule has 27 heavy (non-hydrogen) atoms. The maximum atomic E-state index is 12.4. The van der Waals surface area contributed by atoms with Crippen molar-refractivity contribution in [3.63, 3.8) is 0 Å². The number of carbonyl (C=O) groups is 1. The van der Waals surface area contributed by atoms with Crippen LogP contribution in [0.1, 0.15) is 28.5 Å². The average Bonchev–Trinajstić information content (AvgIpc) is 2.68. The van der Waals surface area contributed by atoms with Crippen LogP contribution in [0.25, 0.3) is 0 Å². The van der Waals surface area contributed by atoms with Crippen LogP contribution in [0, 0.1) is 13.8 Å². The van der Waals surface area contributed by atoms with Crippen molar-refractivity contribution in [3.05, 3.63) is 71.7 Å². The minimum atomic E-state index is -0.340. The van der Waals surface area contributed by atoms with Crippen LogP contribution in [0.5, 0.6) is 5.75 Å². The maximum Gasteiger partial charge on any atom is 0.275 e. The van der Waals surface area contributed by atoms with Gasteiger partial charge in [-0.2, -0.15) is 0 Å². The molecule has 0 aliphatic carbocycles. The van der Waals surface area contributed by atoms with Crippen molar-refractivity contribution in [2.75, 3.05) is 17.2 Å². The van der Waals surface area contributed by atoms with Crippen LogP contribution in [0.4, 0.5) is 17.2 Å². The van der Waals surface area contributed by atoms with E-state index in [0.29, 0.717) is 23.9 Å². The highest BCUT2D eigenvalue weighted by Crippen LogP contribution is 2.24. The van der Waals surface area contributed by atoms with E-state index in [1.807, 2.05) is 44.2 Å². The molecule has 0 aliphatic rings. The largest absolute Gasteiger partial charge is 0.492 e. The molecule has 0 aliphatic heterocycles. The van der Waals surface area contributed by atoms with E-state index in [1.54, 1.807) is 12.3 Å². The second-order valence-electron chi connectivity index (χ2n) is 6.04. The average molecular weight is 362 g/mol. The first-order chi connectivity index (χ1) is 13.1. The van der Waals surface area contributed by atoms with Crippen molar-refractivity contribution in [3.8, 4) is 5.75 Å². The number of aromatic nitrogens is 2. The highest BCUT2D eigenvalue weighted by molar-refractivity contribution is 6.03. The summed E-state index contributed by atoms with van der Waals surface area (Å²) in [7, 11) is 0. The quantitative estimate of drug-likeness (QED) is 0.676. The maximum absolute atomic E-state index is 12.4. The molecule has 6 heteroatoms. The lowest BCUT2D eigenvalue weighted by Crippen LogP contribution is -2.15. The summed E-state index contributed by atoms with van der Waals surface area (Å²) < 4.78 is 5.52. The Morgan fingerprint density at radius 2 is 1.78 bits per heavy atom. The number of ether oxygens (including phenoxy) is 1. The first-order valence-electron chi connectivity index (χ1n) is 8.77. The first kappa shape index (κ1) is 18.4. The van der Waals surface area contributed by atoms with Crippen LogP contribution in [0.2, 0.25) is 0 Å². The highest BCUT2D eigenvalue weighted by atomic mass is 16.5. The molecule has 0 bridgehead atoms. The molecular weight excluding hydrogens is 340 g/mol. The number of anilines is 3. The van der Waals surface area contributed by atoms with Gasteiger partial charge in [-0.1, -0.05) is 24.3 Å². The zero-order valence-corrected chi connectivity index (χ0v) is 15.6. The van der Waals surface area contributed by atoms with E-state index in [1.165, 1.54) is 11.8 Å². The van der Waals surface area contributed by atoms with Crippen molar-refractivity contribution in [2.24, 2.45) is 0 Å². The molecule has 0 unspecified atom stereocenters. The van der Waals surface area contributed by atoms with Gasteiger partial charge in [-0.25, -0.2) is 9.97 Å². The fourth-order valence-corrected chi connectivity index (χ4v) is 2.57. The van der Waals surface area contributed by atoms with Gasteiger partial charge in [0.25, 0.3) is 5.91 Å².